The van der Waals surface area contributed by atoms with Crippen LogP contribution in [0.15, 0.2) is 42.5 Å². The molecule has 0 bridgehead atoms. The molecule has 2 rings (SSSR count). The zero-order chi connectivity index (χ0) is 12.1. The molecular weight excluding hydrogens is 214 g/mol. The SMILES string of the molecule is COC(=O)[C@H](Cc1ccccc1)N1CC=CC1. The minimum atomic E-state index is -0.183. The minimum Gasteiger partial charge on any atom is -0.468 e. The monoisotopic (exact) mass is 231 g/mol. The Morgan fingerprint density at radius 2 is 1.94 bits per heavy atom. The zero-order valence-corrected chi connectivity index (χ0v) is 10.0. The highest BCUT2D eigenvalue weighted by atomic mass is 16.5. The van der Waals surface area contributed by atoms with Crippen LogP contribution < -0.4 is 0 Å². The van der Waals surface area contributed by atoms with Crippen molar-refractivity contribution in [1.29, 1.82) is 0 Å². The highest BCUT2D eigenvalue weighted by molar-refractivity contribution is 5.76. The molecule has 0 aromatic heterocycles. The molecule has 17 heavy (non-hydrogen) atoms. The fourth-order valence-electron chi connectivity index (χ4n) is 2.08. The summed E-state index contributed by atoms with van der Waals surface area (Å²) in [5, 5.41) is 0. The Morgan fingerprint density at radius 3 is 2.53 bits per heavy atom. The van der Waals surface area contributed by atoms with Gasteiger partial charge in [0.05, 0.1) is 7.11 Å². The summed E-state index contributed by atoms with van der Waals surface area (Å²) >= 11 is 0. The van der Waals surface area contributed by atoms with E-state index in [9.17, 15) is 4.79 Å². The lowest BCUT2D eigenvalue weighted by Gasteiger charge is -2.25. The van der Waals surface area contributed by atoms with Gasteiger partial charge in [0.2, 0.25) is 0 Å². The predicted molar refractivity (Wildman–Crippen MR) is 66.7 cm³/mol. The van der Waals surface area contributed by atoms with Gasteiger partial charge < -0.3 is 4.74 Å². The third-order valence-electron chi connectivity index (χ3n) is 3.03. The van der Waals surface area contributed by atoms with Crippen LogP contribution in [0.2, 0.25) is 0 Å². The molecule has 1 atom stereocenters. The molecule has 0 saturated carbocycles. The molecule has 1 aromatic rings. The van der Waals surface area contributed by atoms with Crippen LogP contribution in [0.5, 0.6) is 0 Å². The average molecular weight is 231 g/mol. The van der Waals surface area contributed by atoms with Crippen molar-refractivity contribution in [2.75, 3.05) is 20.2 Å². The van der Waals surface area contributed by atoms with Gasteiger partial charge in [-0.1, -0.05) is 42.5 Å². The first-order valence-corrected chi connectivity index (χ1v) is 5.82. The van der Waals surface area contributed by atoms with Crippen molar-refractivity contribution in [2.24, 2.45) is 0 Å². The number of hydrogen-bond donors (Lipinski definition) is 0. The van der Waals surface area contributed by atoms with Crippen molar-refractivity contribution < 1.29 is 9.53 Å². The number of hydrogen-bond acceptors (Lipinski definition) is 3. The summed E-state index contributed by atoms with van der Waals surface area (Å²) < 4.78 is 4.89. The van der Waals surface area contributed by atoms with E-state index in [-0.39, 0.29) is 12.0 Å². The average Bonchev–Trinajstić information content (AvgIpc) is 2.90. The van der Waals surface area contributed by atoms with E-state index in [0.717, 1.165) is 18.7 Å². The normalized spacial score (nSPS) is 17.0. The lowest BCUT2D eigenvalue weighted by atomic mass is 10.1. The molecule has 1 aliphatic heterocycles. The maximum atomic E-state index is 11.8. The molecule has 0 aliphatic carbocycles. The summed E-state index contributed by atoms with van der Waals surface area (Å²) in [4.78, 5) is 13.9. The van der Waals surface area contributed by atoms with Crippen LogP contribution in [0.4, 0.5) is 0 Å². The highest BCUT2D eigenvalue weighted by Gasteiger charge is 2.27. The largest absolute Gasteiger partial charge is 0.468 e. The molecule has 1 aliphatic rings. The van der Waals surface area contributed by atoms with Crippen molar-refractivity contribution in [3.63, 3.8) is 0 Å². The Labute approximate surface area is 102 Å². The van der Waals surface area contributed by atoms with Gasteiger partial charge >= 0.3 is 5.97 Å². The Hall–Kier alpha value is -1.61. The summed E-state index contributed by atoms with van der Waals surface area (Å²) in [6.45, 7) is 1.65. The molecule has 90 valence electrons. The number of ether oxygens (including phenoxy) is 1. The fourth-order valence-corrected chi connectivity index (χ4v) is 2.08. The summed E-state index contributed by atoms with van der Waals surface area (Å²) in [7, 11) is 1.45. The summed E-state index contributed by atoms with van der Waals surface area (Å²) in [5.74, 6) is -0.155. The van der Waals surface area contributed by atoms with Crippen LogP contribution in [0, 0.1) is 0 Å². The lowest BCUT2D eigenvalue weighted by molar-refractivity contribution is -0.146. The van der Waals surface area contributed by atoms with Crippen LogP contribution in [-0.4, -0.2) is 37.1 Å². The van der Waals surface area contributed by atoms with E-state index in [4.69, 9.17) is 4.74 Å². The lowest BCUT2D eigenvalue weighted by Crippen LogP contribution is -2.42. The second-order valence-electron chi connectivity index (χ2n) is 4.15. The van der Waals surface area contributed by atoms with E-state index in [1.54, 1.807) is 0 Å². The van der Waals surface area contributed by atoms with E-state index in [2.05, 4.69) is 17.1 Å². The number of esters is 1. The van der Waals surface area contributed by atoms with Gasteiger partial charge in [0, 0.05) is 13.1 Å². The molecule has 1 aromatic carbocycles. The predicted octanol–water partition coefficient (Wildman–Crippen LogP) is 1.64. The third-order valence-corrected chi connectivity index (χ3v) is 3.03. The number of carbonyl (C=O) groups excluding carboxylic acids is 1. The Morgan fingerprint density at radius 1 is 1.29 bits per heavy atom. The van der Waals surface area contributed by atoms with E-state index < -0.39 is 0 Å². The Balaban J connectivity index is 2.08. The number of carbonyl (C=O) groups is 1. The van der Waals surface area contributed by atoms with Crippen molar-refractivity contribution in [3.8, 4) is 0 Å². The van der Waals surface area contributed by atoms with Crippen LogP contribution in [0.3, 0.4) is 0 Å². The summed E-state index contributed by atoms with van der Waals surface area (Å²) in [6.07, 6.45) is 4.87. The molecule has 0 spiro atoms. The van der Waals surface area contributed by atoms with Crippen LogP contribution in [0.1, 0.15) is 5.56 Å². The van der Waals surface area contributed by atoms with Crippen molar-refractivity contribution in [2.45, 2.75) is 12.5 Å². The Kier molecular flexibility index (Phi) is 3.94. The molecule has 0 radical (unpaired) electrons. The summed E-state index contributed by atoms with van der Waals surface area (Å²) in [5.41, 5.74) is 1.16. The van der Waals surface area contributed by atoms with Gasteiger partial charge in [-0.3, -0.25) is 9.69 Å². The maximum absolute atomic E-state index is 11.8. The number of rotatable bonds is 4. The first-order valence-electron chi connectivity index (χ1n) is 5.82. The van der Waals surface area contributed by atoms with Gasteiger partial charge in [-0.05, 0) is 12.0 Å². The third kappa shape index (κ3) is 2.94. The number of nitrogens with zero attached hydrogens (tertiary/aromatic N) is 1. The molecule has 0 unspecified atom stereocenters. The molecule has 0 N–H and O–H groups in total. The minimum absolute atomic E-state index is 0.155. The van der Waals surface area contributed by atoms with E-state index in [1.807, 2.05) is 30.3 Å². The van der Waals surface area contributed by atoms with Gasteiger partial charge in [0.15, 0.2) is 0 Å². The maximum Gasteiger partial charge on any atom is 0.323 e. The molecule has 3 heteroatoms. The van der Waals surface area contributed by atoms with Crippen LogP contribution in [-0.2, 0) is 16.0 Å². The van der Waals surface area contributed by atoms with Gasteiger partial charge in [0.25, 0.3) is 0 Å². The van der Waals surface area contributed by atoms with Crippen molar-refractivity contribution in [1.82, 2.24) is 4.90 Å². The highest BCUT2D eigenvalue weighted by Crippen LogP contribution is 2.13. The molecular formula is C14H17NO2. The second-order valence-corrected chi connectivity index (χ2v) is 4.15. The topological polar surface area (TPSA) is 29.5 Å². The quantitative estimate of drug-likeness (QED) is 0.583. The smallest absolute Gasteiger partial charge is 0.323 e. The zero-order valence-electron chi connectivity index (χ0n) is 10.0. The van der Waals surface area contributed by atoms with Gasteiger partial charge in [0.1, 0.15) is 6.04 Å². The standard InChI is InChI=1S/C14H17NO2/c1-17-14(16)13(15-9-5-6-10-15)11-12-7-3-2-4-8-12/h2-8,13H,9-11H2,1H3/t13-/m0/s1. The number of methoxy groups -OCH3 is 1. The Bertz CT molecular complexity index is 392. The van der Waals surface area contributed by atoms with Gasteiger partial charge in [-0.2, -0.15) is 0 Å². The number of benzene rings is 1. The van der Waals surface area contributed by atoms with E-state index in [0.29, 0.717) is 6.42 Å². The molecule has 0 saturated heterocycles. The van der Waals surface area contributed by atoms with E-state index >= 15 is 0 Å². The molecule has 1 heterocycles. The van der Waals surface area contributed by atoms with Crippen molar-refractivity contribution >= 4 is 5.97 Å². The molecule has 0 fully saturated rings. The van der Waals surface area contributed by atoms with Gasteiger partial charge in [-0.15, -0.1) is 0 Å². The molecule has 3 nitrogen and oxygen atoms in total. The fraction of sp³-hybridized carbons (Fsp3) is 0.357. The molecule has 0 amide bonds. The van der Waals surface area contributed by atoms with Crippen LogP contribution >= 0.6 is 0 Å². The first kappa shape index (κ1) is 11.9. The first-order chi connectivity index (χ1) is 8.31. The second kappa shape index (κ2) is 5.64. The van der Waals surface area contributed by atoms with E-state index in [1.165, 1.54) is 7.11 Å². The van der Waals surface area contributed by atoms with Crippen LogP contribution in [0.25, 0.3) is 0 Å². The van der Waals surface area contributed by atoms with Gasteiger partial charge in [-0.25, -0.2) is 0 Å². The summed E-state index contributed by atoms with van der Waals surface area (Å²) in [6, 6.07) is 9.86. The van der Waals surface area contributed by atoms with Crippen molar-refractivity contribution in [3.05, 3.63) is 48.0 Å².